The molecule has 0 spiro atoms. The van der Waals surface area contributed by atoms with E-state index in [1.54, 1.807) is 42.5 Å². The van der Waals surface area contributed by atoms with Gasteiger partial charge in [0.2, 0.25) is 0 Å². The highest BCUT2D eigenvalue weighted by molar-refractivity contribution is 14.1. The number of carbonyl (C=O) groups excluding carboxylic acids is 1. The number of halogens is 4. The van der Waals surface area contributed by atoms with Crippen molar-refractivity contribution in [2.24, 2.45) is 0 Å². The number of carbonyl (C=O) groups is 1. The van der Waals surface area contributed by atoms with Gasteiger partial charge in [0.25, 0.3) is 5.91 Å². The Kier molecular flexibility index (Phi) is 6.90. The molecule has 0 heterocycles. The molecule has 0 atom stereocenters. The average Bonchev–Trinajstić information content (AvgIpc) is 2.65. The second-order valence-electron chi connectivity index (χ2n) is 5.92. The van der Waals surface area contributed by atoms with Crippen molar-refractivity contribution in [3.8, 4) is 5.75 Å². The molecule has 0 aliphatic rings. The lowest BCUT2D eigenvalue weighted by atomic mass is 9.99. The highest BCUT2D eigenvalue weighted by Crippen LogP contribution is 2.32. The third-order valence-corrected chi connectivity index (χ3v) is 6.03. The second-order valence-corrected chi connectivity index (χ2v) is 9.17. The Hall–Kier alpha value is -1.29. The summed E-state index contributed by atoms with van der Waals surface area (Å²) >= 11 is 16.4. The summed E-state index contributed by atoms with van der Waals surface area (Å²) in [5, 5.41) is 14.0. The van der Waals surface area contributed by atoms with Crippen LogP contribution in [0.5, 0.6) is 5.75 Å². The number of anilines is 1. The SMILES string of the molecule is C=C(c1ccc(Cl)cc1)c1ccc(NC(=O)c2cc(I)cc(I)c2O)cc1Cl. The van der Waals surface area contributed by atoms with Crippen LogP contribution in [0.1, 0.15) is 21.5 Å². The average molecular weight is 636 g/mol. The molecule has 7 heteroatoms. The summed E-state index contributed by atoms with van der Waals surface area (Å²) in [5.41, 5.74) is 3.15. The van der Waals surface area contributed by atoms with Crippen LogP contribution in [0.4, 0.5) is 5.69 Å². The number of phenolic OH excluding ortho intramolecular Hbond substituents is 1. The number of aromatic hydroxyl groups is 1. The van der Waals surface area contributed by atoms with Crippen molar-refractivity contribution in [2.45, 2.75) is 0 Å². The zero-order valence-corrected chi connectivity index (χ0v) is 20.1. The van der Waals surface area contributed by atoms with Gasteiger partial charge >= 0.3 is 0 Å². The monoisotopic (exact) mass is 635 g/mol. The molecule has 0 saturated heterocycles. The fourth-order valence-corrected chi connectivity index (χ4v) is 4.85. The minimum atomic E-state index is -0.408. The third-order valence-electron chi connectivity index (χ3n) is 4.02. The van der Waals surface area contributed by atoms with E-state index in [1.165, 1.54) is 0 Å². The van der Waals surface area contributed by atoms with Gasteiger partial charge < -0.3 is 10.4 Å². The molecule has 0 bridgehead atoms. The quantitative estimate of drug-likeness (QED) is 0.298. The molecule has 28 heavy (non-hydrogen) atoms. The van der Waals surface area contributed by atoms with Crippen LogP contribution in [-0.2, 0) is 0 Å². The largest absolute Gasteiger partial charge is 0.506 e. The van der Waals surface area contributed by atoms with Crippen LogP contribution >= 0.6 is 68.4 Å². The first kappa shape index (κ1) is 21.4. The minimum Gasteiger partial charge on any atom is -0.506 e. The van der Waals surface area contributed by atoms with E-state index < -0.39 is 5.91 Å². The summed E-state index contributed by atoms with van der Waals surface area (Å²) < 4.78 is 1.47. The molecule has 0 fully saturated rings. The van der Waals surface area contributed by atoms with Crippen LogP contribution in [0.3, 0.4) is 0 Å². The maximum atomic E-state index is 12.6. The Labute approximate surface area is 200 Å². The van der Waals surface area contributed by atoms with Crippen LogP contribution in [0, 0.1) is 7.14 Å². The fraction of sp³-hybridized carbons (Fsp3) is 0. The summed E-state index contributed by atoms with van der Waals surface area (Å²) in [4.78, 5) is 12.6. The second kappa shape index (κ2) is 9.02. The van der Waals surface area contributed by atoms with Crippen molar-refractivity contribution >= 4 is 85.6 Å². The van der Waals surface area contributed by atoms with Gasteiger partial charge in [0.1, 0.15) is 5.75 Å². The van der Waals surface area contributed by atoms with Gasteiger partial charge in [-0.25, -0.2) is 0 Å². The molecule has 0 aromatic heterocycles. The van der Waals surface area contributed by atoms with E-state index in [9.17, 15) is 9.90 Å². The molecule has 0 radical (unpaired) electrons. The topological polar surface area (TPSA) is 49.3 Å². The normalized spacial score (nSPS) is 10.6. The molecule has 0 aliphatic heterocycles. The number of benzene rings is 3. The summed E-state index contributed by atoms with van der Waals surface area (Å²) in [7, 11) is 0. The Morgan fingerprint density at radius 2 is 1.64 bits per heavy atom. The first-order chi connectivity index (χ1) is 13.3. The lowest BCUT2D eigenvalue weighted by molar-refractivity contribution is 0.102. The molecule has 0 aliphatic carbocycles. The van der Waals surface area contributed by atoms with Gasteiger partial charge in [-0.2, -0.15) is 0 Å². The number of phenols is 1. The van der Waals surface area contributed by atoms with Crippen LogP contribution in [0.15, 0.2) is 61.2 Å². The van der Waals surface area contributed by atoms with Gasteiger partial charge in [0, 0.05) is 19.8 Å². The molecule has 3 rings (SSSR count). The molecular weight excluding hydrogens is 623 g/mol. The van der Waals surface area contributed by atoms with E-state index in [-0.39, 0.29) is 11.3 Å². The molecule has 0 unspecified atom stereocenters. The summed E-state index contributed by atoms with van der Waals surface area (Å²) in [5.74, 6) is -0.452. The van der Waals surface area contributed by atoms with Gasteiger partial charge in [0.05, 0.1) is 14.2 Å². The zero-order chi connectivity index (χ0) is 20.4. The fourth-order valence-electron chi connectivity index (χ4n) is 2.58. The Balaban J connectivity index is 1.84. The van der Waals surface area contributed by atoms with E-state index in [0.717, 1.165) is 20.3 Å². The van der Waals surface area contributed by atoms with Gasteiger partial charge in [0.15, 0.2) is 0 Å². The van der Waals surface area contributed by atoms with E-state index in [4.69, 9.17) is 23.2 Å². The van der Waals surface area contributed by atoms with Crippen molar-refractivity contribution in [3.05, 3.63) is 95.1 Å². The lowest BCUT2D eigenvalue weighted by Gasteiger charge is -2.12. The Morgan fingerprint density at radius 3 is 2.29 bits per heavy atom. The molecule has 142 valence electrons. The van der Waals surface area contributed by atoms with E-state index in [2.05, 4.69) is 34.5 Å². The Morgan fingerprint density at radius 1 is 0.964 bits per heavy atom. The molecule has 3 aromatic rings. The van der Waals surface area contributed by atoms with Crippen molar-refractivity contribution < 1.29 is 9.90 Å². The number of hydrogen-bond acceptors (Lipinski definition) is 2. The van der Waals surface area contributed by atoms with Gasteiger partial charge in [-0.3, -0.25) is 4.79 Å². The molecule has 3 nitrogen and oxygen atoms in total. The van der Waals surface area contributed by atoms with Gasteiger partial charge in [-0.15, -0.1) is 0 Å². The summed E-state index contributed by atoms with van der Waals surface area (Å²) in [6.07, 6.45) is 0. The lowest BCUT2D eigenvalue weighted by Crippen LogP contribution is -2.13. The van der Waals surface area contributed by atoms with Crippen molar-refractivity contribution in [2.75, 3.05) is 5.32 Å². The van der Waals surface area contributed by atoms with Crippen LogP contribution in [-0.4, -0.2) is 11.0 Å². The maximum absolute atomic E-state index is 12.6. The zero-order valence-electron chi connectivity index (χ0n) is 14.3. The van der Waals surface area contributed by atoms with Crippen LogP contribution in [0.25, 0.3) is 5.57 Å². The van der Waals surface area contributed by atoms with Crippen LogP contribution < -0.4 is 5.32 Å². The van der Waals surface area contributed by atoms with Crippen molar-refractivity contribution in [3.63, 3.8) is 0 Å². The van der Waals surface area contributed by atoms with E-state index in [0.29, 0.717) is 19.3 Å². The van der Waals surface area contributed by atoms with Gasteiger partial charge in [-0.1, -0.05) is 48.0 Å². The molecule has 0 saturated carbocycles. The van der Waals surface area contributed by atoms with Crippen molar-refractivity contribution in [1.82, 2.24) is 0 Å². The predicted octanol–water partition coefficient (Wildman–Crippen LogP) is 7.22. The first-order valence-corrected chi connectivity index (χ1v) is 10.9. The standard InChI is InChI=1S/C21H13Cl2I2NO2/c1-11(12-2-4-13(22)5-3-12)16-7-6-15(10-18(16)23)26-21(28)17-8-14(24)9-19(25)20(17)27/h2-10,27H,1H2,(H,26,28). The minimum absolute atomic E-state index is 0.0441. The molecule has 3 aromatic carbocycles. The predicted molar refractivity (Wildman–Crippen MR) is 133 cm³/mol. The first-order valence-electron chi connectivity index (χ1n) is 8.00. The molecular formula is C21H13Cl2I2NO2. The summed E-state index contributed by atoms with van der Waals surface area (Å²) in [6.45, 7) is 4.11. The highest BCUT2D eigenvalue weighted by atomic mass is 127. The van der Waals surface area contributed by atoms with E-state index in [1.807, 2.05) is 34.7 Å². The summed E-state index contributed by atoms with van der Waals surface area (Å²) in [6, 6.07) is 16.0. The molecule has 1 amide bonds. The highest BCUT2D eigenvalue weighted by Gasteiger charge is 2.16. The van der Waals surface area contributed by atoms with Crippen molar-refractivity contribution in [1.29, 1.82) is 0 Å². The van der Waals surface area contributed by atoms with Crippen LogP contribution in [0.2, 0.25) is 10.0 Å². The third kappa shape index (κ3) is 4.82. The Bertz CT molecular complexity index is 1080. The van der Waals surface area contributed by atoms with E-state index >= 15 is 0 Å². The maximum Gasteiger partial charge on any atom is 0.259 e. The number of hydrogen-bond donors (Lipinski definition) is 2. The number of nitrogens with one attached hydrogen (secondary N) is 1. The molecule has 2 N–H and O–H groups in total. The smallest absolute Gasteiger partial charge is 0.259 e. The number of amides is 1. The van der Waals surface area contributed by atoms with Gasteiger partial charge in [-0.05, 0) is 92.7 Å². The number of rotatable bonds is 4.